The Morgan fingerprint density at radius 2 is 1.05 bits per heavy atom. The number of benzene rings is 4. The number of hydrogen-bond acceptors (Lipinski definition) is 4. The van der Waals surface area contributed by atoms with E-state index in [1.165, 1.54) is 28.9 Å². The number of methoxy groups -OCH3 is 1. The molecule has 0 spiro atoms. The number of carbonyl (C=O) groups excluding carboxylic acids is 1. The first-order valence-electron chi connectivity index (χ1n) is 12.6. The van der Waals surface area contributed by atoms with E-state index in [0.717, 1.165) is 24.2 Å². The summed E-state index contributed by atoms with van der Waals surface area (Å²) in [6.45, 7) is 1.53. The van der Waals surface area contributed by atoms with Crippen molar-refractivity contribution < 1.29 is 54.5 Å². The van der Waals surface area contributed by atoms with Crippen LogP contribution in [0.1, 0.15) is 31.8 Å². The Hall–Kier alpha value is -4.14. The molecule has 2 heterocycles. The van der Waals surface area contributed by atoms with Gasteiger partial charge in [0.2, 0.25) is 0 Å². The van der Waals surface area contributed by atoms with Gasteiger partial charge in [0.25, 0.3) is 0 Å². The number of para-hydroxylation sites is 2. The Labute approximate surface area is 260 Å². The summed E-state index contributed by atoms with van der Waals surface area (Å²) >= 11 is 0. The fourth-order valence-corrected chi connectivity index (χ4v) is 4.57. The van der Waals surface area contributed by atoms with Crippen LogP contribution < -0.4 is 29.6 Å². The molecule has 0 amide bonds. The van der Waals surface area contributed by atoms with Crippen LogP contribution in [-0.2, 0) is 17.8 Å². The standard InChI is InChI=1S/C17H15NO2.C16H13NO2.Na.H2O/c1-20-17(19)15-8-6-13(7-9-15)12-18-11-10-14-4-2-3-5-16(14)18;18-16(19)14-7-5-12(6-8-14)11-17-10-9-13-3-1-2-4-15(13)17;;/h2-11H,12H2,1H3;1-10H,11H2,(H,18,19);;1H2/q;;+1;/p-1. The average molecular weight is 557 g/mol. The van der Waals surface area contributed by atoms with Crippen LogP contribution in [0, 0.1) is 0 Å². The number of carbonyl (C=O) groups is 2. The zero-order chi connectivity index (χ0) is 27.2. The molecule has 0 radical (unpaired) electrons. The van der Waals surface area contributed by atoms with Crippen LogP contribution in [0.15, 0.2) is 122 Å². The van der Waals surface area contributed by atoms with Gasteiger partial charge in [-0.15, -0.1) is 0 Å². The van der Waals surface area contributed by atoms with Crippen molar-refractivity contribution in [3.8, 4) is 0 Å². The molecule has 6 aromatic rings. The number of nitrogens with zero attached hydrogens (tertiary/aromatic N) is 2. The van der Waals surface area contributed by atoms with Crippen molar-refractivity contribution in [1.82, 2.24) is 9.13 Å². The predicted molar refractivity (Wildman–Crippen MR) is 155 cm³/mol. The second kappa shape index (κ2) is 14.5. The van der Waals surface area contributed by atoms with E-state index in [4.69, 9.17) is 9.84 Å². The Morgan fingerprint density at radius 3 is 1.46 bits per heavy atom. The first-order chi connectivity index (χ1) is 19.0. The molecule has 0 unspecified atom stereocenters. The number of aromatic nitrogens is 2. The van der Waals surface area contributed by atoms with Crippen molar-refractivity contribution in [3.05, 3.63) is 144 Å². The minimum Gasteiger partial charge on any atom is -0.870 e. The normalized spacial score (nSPS) is 10.2. The van der Waals surface area contributed by atoms with Crippen molar-refractivity contribution in [2.75, 3.05) is 7.11 Å². The molecule has 0 saturated heterocycles. The van der Waals surface area contributed by atoms with Crippen LogP contribution in [0.4, 0.5) is 0 Å². The van der Waals surface area contributed by atoms with E-state index in [0.29, 0.717) is 11.1 Å². The van der Waals surface area contributed by atoms with Crippen LogP contribution in [0.2, 0.25) is 0 Å². The number of esters is 1. The fraction of sp³-hybridized carbons (Fsp3) is 0.0909. The number of carboxylic acids is 1. The SMILES string of the molecule is COC(=O)c1ccc(Cn2ccc3ccccc32)cc1.O=C(O)c1ccc(Cn2ccc3ccccc32)cc1.[Na+].[OH-]. The Morgan fingerprint density at radius 1 is 0.634 bits per heavy atom. The maximum atomic E-state index is 11.4. The summed E-state index contributed by atoms with van der Waals surface area (Å²) in [4.78, 5) is 22.2. The van der Waals surface area contributed by atoms with Crippen LogP contribution in [-0.4, -0.2) is 38.8 Å². The van der Waals surface area contributed by atoms with E-state index >= 15 is 0 Å². The molecule has 0 aliphatic rings. The number of hydrogen-bond donors (Lipinski definition) is 1. The fourth-order valence-electron chi connectivity index (χ4n) is 4.57. The number of fused-ring (bicyclic) bond motifs is 2. The first-order valence-corrected chi connectivity index (χ1v) is 12.6. The second-order valence-corrected chi connectivity index (χ2v) is 9.20. The summed E-state index contributed by atoms with van der Waals surface area (Å²) in [5.74, 6) is -1.19. The Bertz CT molecular complexity index is 1740. The molecule has 0 atom stereocenters. The van der Waals surface area contributed by atoms with Crippen molar-refractivity contribution in [1.29, 1.82) is 0 Å². The number of ether oxygens (including phenoxy) is 1. The van der Waals surface area contributed by atoms with Crippen LogP contribution in [0.5, 0.6) is 0 Å². The molecule has 0 bridgehead atoms. The van der Waals surface area contributed by atoms with Gasteiger partial charge in [0.15, 0.2) is 0 Å². The molecule has 8 heteroatoms. The summed E-state index contributed by atoms with van der Waals surface area (Å²) in [5.41, 5.74) is 5.54. The first kappa shape index (κ1) is 31.4. The van der Waals surface area contributed by atoms with Gasteiger partial charge < -0.3 is 24.5 Å². The summed E-state index contributed by atoms with van der Waals surface area (Å²) in [6.07, 6.45) is 4.13. The zero-order valence-corrected chi connectivity index (χ0v) is 25.0. The van der Waals surface area contributed by atoms with E-state index in [2.05, 4.69) is 57.9 Å². The number of rotatable bonds is 6. The maximum absolute atomic E-state index is 11.4. The van der Waals surface area contributed by atoms with Gasteiger partial charge >= 0.3 is 41.5 Å². The monoisotopic (exact) mass is 556 g/mol. The van der Waals surface area contributed by atoms with Crippen molar-refractivity contribution in [2.45, 2.75) is 13.1 Å². The van der Waals surface area contributed by atoms with Crippen LogP contribution in [0.3, 0.4) is 0 Å². The van der Waals surface area contributed by atoms with Gasteiger partial charge in [0.1, 0.15) is 0 Å². The minimum absolute atomic E-state index is 0. The van der Waals surface area contributed by atoms with Crippen LogP contribution in [0.25, 0.3) is 21.8 Å². The van der Waals surface area contributed by atoms with Crippen molar-refractivity contribution in [2.24, 2.45) is 0 Å². The van der Waals surface area contributed by atoms with Gasteiger partial charge in [0, 0.05) is 36.5 Å². The quantitative estimate of drug-likeness (QED) is 0.249. The van der Waals surface area contributed by atoms with Crippen molar-refractivity contribution >= 4 is 33.7 Å². The third-order valence-electron chi connectivity index (χ3n) is 6.64. The van der Waals surface area contributed by atoms with Gasteiger partial charge in [-0.1, -0.05) is 60.7 Å². The number of aromatic carboxylic acids is 1. The second-order valence-electron chi connectivity index (χ2n) is 9.20. The van der Waals surface area contributed by atoms with Gasteiger partial charge in [-0.3, -0.25) is 0 Å². The molecular formula is C33H29N2NaO5. The molecule has 6 rings (SSSR count). The largest absolute Gasteiger partial charge is 1.00 e. The third kappa shape index (κ3) is 7.54. The van der Waals surface area contributed by atoms with Crippen molar-refractivity contribution in [3.63, 3.8) is 0 Å². The molecule has 4 aromatic carbocycles. The average Bonchev–Trinajstić information content (AvgIpc) is 3.58. The van der Waals surface area contributed by atoms with E-state index < -0.39 is 5.97 Å². The van der Waals surface area contributed by atoms with E-state index in [9.17, 15) is 9.59 Å². The van der Waals surface area contributed by atoms with Gasteiger partial charge in [-0.25, -0.2) is 9.59 Å². The summed E-state index contributed by atoms with van der Waals surface area (Å²) in [6, 6.07) is 35.2. The Kier molecular flexibility index (Phi) is 11.1. The van der Waals surface area contributed by atoms with Gasteiger partial charge in [0.05, 0.1) is 18.2 Å². The van der Waals surface area contributed by atoms with Crippen LogP contribution >= 0.6 is 0 Å². The predicted octanol–water partition coefficient (Wildman–Crippen LogP) is 3.69. The topological polar surface area (TPSA) is 103 Å². The van der Waals surface area contributed by atoms with Gasteiger partial charge in [-0.2, -0.15) is 0 Å². The number of carboxylic acid groups (broad SMARTS) is 1. The molecular weight excluding hydrogens is 527 g/mol. The Balaban J connectivity index is 0.000000215. The zero-order valence-electron chi connectivity index (χ0n) is 23.0. The molecule has 202 valence electrons. The molecule has 7 nitrogen and oxygen atoms in total. The molecule has 41 heavy (non-hydrogen) atoms. The summed E-state index contributed by atoms with van der Waals surface area (Å²) < 4.78 is 9.05. The molecule has 0 aliphatic carbocycles. The summed E-state index contributed by atoms with van der Waals surface area (Å²) in [5, 5.41) is 11.3. The molecule has 0 fully saturated rings. The molecule has 2 aromatic heterocycles. The molecule has 0 aliphatic heterocycles. The minimum atomic E-state index is -0.891. The van der Waals surface area contributed by atoms with E-state index in [1.807, 2.05) is 48.5 Å². The van der Waals surface area contributed by atoms with E-state index in [-0.39, 0.29) is 41.0 Å². The molecule has 2 N–H and O–H groups in total. The summed E-state index contributed by atoms with van der Waals surface area (Å²) in [7, 11) is 1.39. The molecule has 0 saturated carbocycles. The van der Waals surface area contributed by atoms with Gasteiger partial charge in [-0.05, 0) is 70.4 Å². The van der Waals surface area contributed by atoms with E-state index in [1.54, 1.807) is 24.3 Å². The third-order valence-corrected chi connectivity index (χ3v) is 6.64. The smallest absolute Gasteiger partial charge is 0.870 e. The maximum Gasteiger partial charge on any atom is 1.00 e.